The van der Waals surface area contributed by atoms with E-state index in [1.807, 2.05) is 38.4 Å². The smallest absolute Gasteiger partial charge is 0.251 e. The Kier molecular flexibility index (Phi) is 4.84. The Labute approximate surface area is 118 Å². The number of nitrogens with zero attached hydrogens (tertiary/aromatic N) is 3. The van der Waals surface area contributed by atoms with Crippen LogP contribution < -0.4 is 10.6 Å². The fourth-order valence-electron chi connectivity index (χ4n) is 1.94. The number of nitrogens with one attached hydrogen (secondary N) is 2. The predicted octanol–water partition coefficient (Wildman–Crippen LogP) is 0.507. The number of hydrogen-bond donors (Lipinski definition) is 2. The number of carbonyl (C=O) groups excluding carboxylic acids is 1. The molecule has 2 aromatic rings. The minimum absolute atomic E-state index is 0.0836. The Morgan fingerprint density at radius 2 is 2.15 bits per heavy atom. The molecular weight excluding hydrogens is 254 g/mol. The number of benzene rings is 1. The third-order valence-corrected chi connectivity index (χ3v) is 3.12. The first-order chi connectivity index (χ1) is 9.72. The first-order valence-electron chi connectivity index (χ1n) is 6.56. The van der Waals surface area contributed by atoms with E-state index in [9.17, 15) is 4.79 Å². The summed E-state index contributed by atoms with van der Waals surface area (Å²) < 4.78 is 1.78. The van der Waals surface area contributed by atoms with E-state index in [1.54, 1.807) is 10.9 Å². The highest BCUT2D eigenvalue weighted by Gasteiger charge is 2.11. The predicted molar refractivity (Wildman–Crippen MR) is 76.2 cm³/mol. The maximum absolute atomic E-state index is 12.2. The van der Waals surface area contributed by atoms with Gasteiger partial charge in [-0.3, -0.25) is 4.79 Å². The molecule has 1 heterocycles. The van der Waals surface area contributed by atoms with E-state index in [-0.39, 0.29) is 5.91 Å². The molecule has 2 rings (SSSR count). The van der Waals surface area contributed by atoms with Crippen LogP contribution in [0.5, 0.6) is 0 Å². The van der Waals surface area contributed by atoms with Crippen molar-refractivity contribution in [1.82, 2.24) is 25.4 Å². The summed E-state index contributed by atoms with van der Waals surface area (Å²) >= 11 is 0. The van der Waals surface area contributed by atoms with Crippen molar-refractivity contribution >= 4 is 5.91 Å². The van der Waals surface area contributed by atoms with Crippen molar-refractivity contribution in [3.8, 4) is 0 Å². The highest BCUT2D eigenvalue weighted by molar-refractivity contribution is 5.95. The first-order valence-corrected chi connectivity index (χ1v) is 6.56. The zero-order valence-corrected chi connectivity index (χ0v) is 11.8. The van der Waals surface area contributed by atoms with Crippen molar-refractivity contribution in [3.63, 3.8) is 0 Å². The van der Waals surface area contributed by atoms with Crippen molar-refractivity contribution in [2.75, 3.05) is 13.6 Å². The number of likely N-dealkylation sites (N-methyl/N-ethyl adjacent to an activating group) is 1. The lowest BCUT2D eigenvalue weighted by Gasteiger charge is -2.09. The lowest BCUT2D eigenvalue weighted by molar-refractivity contribution is 0.0948. The van der Waals surface area contributed by atoms with Gasteiger partial charge in [-0.2, -0.15) is 0 Å². The third-order valence-electron chi connectivity index (χ3n) is 3.12. The molecule has 0 spiro atoms. The molecule has 2 N–H and O–H groups in total. The SMILES string of the molecule is CNCCc1ccccc1C(=O)NCc1nncn1C. The second-order valence-corrected chi connectivity index (χ2v) is 4.55. The zero-order valence-electron chi connectivity index (χ0n) is 11.8. The van der Waals surface area contributed by atoms with Gasteiger partial charge in [0, 0.05) is 12.6 Å². The highest BCUT2D eigenvalue weighted by atomic mass is 16.1. The maximum atomic E-state index is 12.2. The van der Waals surface area contributed by atoms with Crippen molar-refractivity contribution in [3.05, 3.63) is 47.5 Å². The van der Waals surface area contributed by atoms with Gasteiger partial charge < -0.3 is 15.2 Å². The van der Waals surface area contributed by atoms with Gasteiger partial charge >= 0.3 is 0 Å². The van der Waals surface area contributed by atoms with E-state index in [2.05, 4.69) is 20.8 Å². The quantitative estimate of drug-likeness (QED) is 0.804. The summed E-state index contributed by atoms with van der Waals surface area (Å²) in [5, 5.41) is 13.7. The average molecular weight is 273 g/mol. The molecule has 0 bridgehead atoms. The summed E-state index contributed by atoms with van der Waals surface area (Å²) in [6.45, 7) is 1.21. The van der Waals surface area contributed by atoms with Crippen LogP contribution in [0.2, 0.25) is 0 Å². The molecule has 0 aliphatic heterocycles. The number of rotatable bonds is 6. The third kappa shape index (κ3) is 3.42. The lowest BCUT2D eigenvalue weighted by atomic mass is 10.0. The van der Waals surface area contributed by atoms with Gasteiger partial charge in [0.15, 0.2) is 5.82 Å². The molecule has 1 aromatic carbocycles. The van der Waals surface area contributed by atoms with Gasteiger partial charge in [0.2, 0.25) is 0 Å². The Bertz CT molecular complexity index is 578. The molecule has 0 saturated heterocycles. The van der Waals surface area contributed by atoms with Crippen LogP contribution in [-0.2, 0) is 20.0 Å². The molecule has 0 aliphatic carbocycles. The fraction of sp³-hybridized carbons (Fsp3) is 0.357. The highest BCUT2D eigenvalue weighted by Crippen LogP contribution is 2.09. The van der Waals surface area contributed by atoms with Crippen LogP contribution >= 0.6 is 0 Å². The number of hydrogen-bond acceptors (Lipinski definition) is 4. The topological polar surface area (TPSA) is 71.8 Å². The van der Waals surface area contributed by atoms with E-state index in [4.69, 9.17) is 0 Å². The monoisotopic (exact) mass is 273 g/mol. The molecule has 1 aromatic heterocycles. The summed E-state index contributed by atoms with van der Waals surface area (Å²) in [5.41, 5.74) is 1.75. The molecule has 6 heteroatoms. The number of carbonyl (C=O) groups is 1. The van der Waals surface area contributed by atoms with Crippen LogP contribution in [-0.4, -0.2) is 34.3 Å². The van der Waals surface area contributed by atoms with Crippen molar-refractivity contribution in [2.45, 2.75) is 13.0 Å². The molecule has 6 nitrogen and oxygen atoms in total. The Morgan fingerprint density at radius 1 is 1.35 bits per heavy atom. The van der Waals surface area contributed by atoms with E-state index in [1.165, 1.54) is 0 Å². The average Bonchev–Trinajstić information content (AvgIpc) is 2.88. The number of aromatic nitrogens is 3. The van der Waals surface area contributed by atoms with E-state index in [0.717, 1.165) is 24.4 Å². The van der Waals surface area contributed by atoms with Crippen LogP contribution in [0.15, 0.2) is 30.6 Å². The normalized spacial score (nSPS) is 10.5. The summed E-state index contributed by atoms with van der Waals surface area (Å²) in [6.07, 6.45) is 2.44. The van der Waals surface area contributed by atoms with Crippen molar-refractivity contribution in [1.29, 1.82) is 0 Å². The molecule has 106 valence electrons. The zero-order chi connectivity index (χ0) is 14.4. The molecule has 0 atom stereocenters. The van der Waals surface area contributed by atoms with Crippen molar-refractivity contribution < 1.29 is 4.79 Å². The molecule has 1 amide bonds. The fourth-order valence-corrected chi connectivity index (χ4v) is 1.94. The minimum atomic E-state index is -0.0836. The van der Waals surface area contributed by atoms with Crippen LogP contribution in [0.25, 0.3) is 0 Å². The Morgan fingerprint density at radius 3 is 2.85 bits per heavy atom. The summed E-state index contributed by atoms with van der Waals surface area (Å²) in [6, 6.07) is 7.65. The van der Waals surface area contributed by atoms with E-state index >= 15 is 0 Å². The first kappa shape index (κ1) is 14.2. The van der Waals surface area contributed by atoms with Crippen LogP contribution in [0.3, 0.4) is 0 Å². The van der Waals surface area contributed by atoms with Gasteiger partial charge in [0.05, 0.1) is 6.54 Å². The van der Waals surface area contributed by atoms with Gasteiger partial charge in [-0.05, 0) is 31.6 Å². The van der Waals surface area contributed by atoms with Gasteiger partial charge in [0.25, 0.3) is 5.91 Å². The van der Waals surface area contributed by atoms with Crippen LogP contribution in [0.1, 0.15) is 21.7 Å². The molecule has 0 saturated carbocycles. The summed E-state index contributed by atoms with van der Waals surface area (Å²) in [4.78, 5) is 12.2. The second kappa shape index (κ2) is 6.81. The summed E-state index contributed by atoms with van der Waals surface area (Å²) in [7, 11) is 3.75. The Balaban J connectivity index is 2.03. The number of amides is 1. The summed E-state index contributed by atoms with van der Waals surface area (Å²) in [5.74, 6) is 0.644. The Hall–Kier alpha value is -2.21. The molecule has 20 heavy (non-hydrogen) atoms. The van der Waals surface area contributed by atoms with E-state index < -0.39 is 0 Å². The van der Waals surface area contributed by atoms with Crippen molar-refractivity contribution in [2.24, 2.45) is 7.05 Å². The van der Waals surface area contributed by atoms with Gasteiger partial charge in [-0.15, -0.1) is 10.2 Å². The van der Waals surface area contributed by atoms with Gasteiger partial charge in [-0.1, -0.05) is 18.2 Å². The lowest BCUT2D eigenvalue weighted by Crippen LogP contribution is -2.26. The molecule has 0 fully saturated rings. The molecule has 0 unspecified atom stereocenters. The molecular formula is C14H19N5O. The second-order valence-electron chi connectivity index (χ2n) is 4.55. The van der Waals surface area contributed by atoms with E-state index in [0.29, 0.717) is 12.1 Å². The maximum Gasteiger partial charge on any atom is 0.251 e. The molecule has 0 radical (unpaired) electrons. The molecule has 0 aliphatic rings. The van der Waals surface area contributed by atoms with Crippen LogP contribution in [0, 0.1) is 0 Å². The largest absolute Gasteiger partial charge is 0.345 e. The minimum Gasteiger partial charge on any atom is -0.345 e. The van der Waals surface area contributed by atoms with Gasteiger partial charge in [0.1, 0.15) is 6.33 Å². The van der Waals surface area contributed by atoms with Gasteiger partial charge in [-0.25, -0.2) is 0 Å². The standard InChI is InChI=1S/C14H19N5O/c1-15-8-7-11-5-3-4-6-12(11)14(20)16-9-13-18-17-10-19(13)2/h3-6,10,15H,7-9H2,1-2H3,(H,16,20). The van der Waals surface area contributed by atoms with Crippen LogP contribution in [0.4, 0.5) is 0 Å². The number of aryl methyl sites for hydroxylation is 1.